The number of benzene rings is 13. The molecule has 0 heteroatoms. The van der Waals surface area contributed by atoms with E-state index in [-0.39, 0.29) is 0 Å². The summed E-state index contributed by atoms with van der Waals surface area (Å²) >= 11 is 0. The van der Waals surface area contributed by atoms with Crippen molar-refractivity contribution >= 4 is 108 Å². The van der Waals surface area contributed by atoms with E-state index >= 15 is 0 Å². The number of fused-ring (bicyclic) bond motifs is 14. The minimum atomic E-state index is 1.23. The van der Waals surface area contributed by atoms with E-state index in [4.69, 9.17) is 0 Å². The lowest BCUT2D eigenvalue weighted by Gasteiger charge is -2.16. The lowest BCUT2D eigenvalue weighted by atomic mass is 9.87. The van der Waals surface area contributed by atoms with Crippen molar-refractivity contribution in [1.82, 2.24) is 0 Å². The van der Waals surface area contributed by atoms with Crippen LogP contribution in [-0.4, -0.2) is 0 Å². The summed E-state index contributed by atoms with van der Waals surface area (Å²) in [5.41, 5.74) is 12.9. The average molecular weight is 803 g/mol. The summed E-state index contributed by atoms with van der Waals surface area (Å²) in [4.78, 5) is 0. The first-order valence-corrected chi connectivity index (χ1v) is 22.5. The molecule has 0 bridgehead atoms. The maximum Gasteiger partial charge on any atom is -0.000696 e. The molecule has 0 radical (unpaired) electrons. The van der Waals surface area contributed by atoms with Crippen LogP contribution in [0.5, 0.6) is 0 Å². The van der Waals surface area contributed by atoms with E-state index in [1.54, 1.807) is 0 Å². The van der Waals surface area contributed by atoms with E-state index in [1.807, 2.05) is 0 Å². The fourth-order valence-corrected chi connectivity index (χ4v) is 12.7. The molecule has 0 heterocycles. The highest BCUT2D eigenvalue weighted by Crippen LogP contribution is 2.58. The first-order valence-electron chi connectivity index (χ1n) is 22.5. The van der Waals surface area contributed by atoms with E-state index in [9.17, 15) is 0 Å². The Bertz CT molecular complexity index is 4420. The smallest absolute Gasteiger partial charge is 0.000696 e. The van der Waals surface area contributed by atoms with E-state index in [1.165, 1.54) is 163 Å². The first kappa shape index (κ1) is 33.3. The molecule has 290 valence electrons. The summed E-state index contributed by atoms with van der Waals surface area (Å²) in [6, 6.07) is 78.2. The van der Waals surface area contributed by atoms with Crippen LogP contribution in [0.1, 0.15) is 0 Å². The Hall–Kier alpha value is -8.32. The molecule has 0 N–H and O–H groups in total. The second kappa shape index (κ2) is 11.8. The van der Waals surface area contributed by atoms with Gasteiger partial charge >= 0.3 is 0 Å². The Morgan fingerprint density at radius 2 is 0.625 bits per heavy atom. The summed E-state index contributed by atoms with van der Waals surface area (Å²) in [7, 11) is 0. The van der Waals surface area contributed by atoms with Crippen molar-refractivity contribution in [2.24, 2.45) is 0 Å². The van der Waals surface area contributed by atoms with Gasteiger partial charge in [0.15, 0.2) is 0 Å². The van der Waals surface area contributed by atoms with Gasteiger partial charge < -0.3 is 0 Å². The molecule has 0 amide bonds. The van der Waals surface area contributed by atoms with Gasteiger partial charge in [-0.05, 0) is 182 Å². The van der Waals surface area contributed by atoms with Crippen LogP contribution in [0.3, 0.4) is 0 Å². The maximum atomic E-state index is 2.50. The highest BCUT2D eigenvalue weighted by molar-refractivity contribution is 6.52. The topological polar surface area (TPSA) is 0 Å². The average Bonchev–Trinajstić information content (AvgIpc) is 4.00. The predicted molar refractivity (Wildman–Crippen MR) is 276 cm³/mol. The van der Waals surface area contributed by atoms with Crippen molar-refractivity contribution in [3.8, 4) is 55.6 Å². The third-order valence-corrected chi connectivity index (χ3v) is 15.2. The lowest BCUT2D eigenvalue weighted by Crippen LogP contribution is -1.88. The largest absolute Gasteiger partial charge is 0.0622 e. The third-order valence-electron chi connectivity index (χ3n) is 15.2. The fraction of sp³-hybridized carbons (Fsp3) is 0. The maximum absolute atomic E-state index is 2.50. The van der Waals surface area contributed by atoms with Crippen LogP contribution in [-0.2, 0) is 0 Å². The first-order chi connectivity index (χ1) is 31.8. The Balaban J connectivity index is 1.13. The molecule has 0 saturated heterocycles. The molecule has 0 atom stereocenters. The van der Waals surface area contributed by atoms with Gasteiger partial charge in [-0.2, -0.15) is 0 Å². The zero-order chi connectivity index (χ0) is 41.4. The quantitative estimate of drug-likeness (QED) is 0.123. The molecule has 1 aliphatic carbocycles. The van der Waals surface area contributed by atoms with Crippen LogP contribution in [0.15, 0.2) is 206 Å². The summed E-state index contributed by atoms with van der Waals surface area (Å²) in [6.45, 7) is 0. The van der Waals surface area contributed by atoms with Crippen molar-refractivity contribution in [2.75, 3.05) is 0 Å². The standard InChI is InChI=1S/C64H34/c1-3-12-35(13-4-1)37-17-11-18-40(32-37)55-54-34-39-16-7-8-19-41(39)56-53-33-38(36-14-5-2-6-15-36)22-23-50(53)61(64(54)56)63-52-31-29-49-47-27-25-45-43-21-10-9-20-42(43)44-24-26-46(58(47)57(44)45)48-28-30-51(62(55)63)60(52)59(48)49/h1-34H. The van der Waals surface area contributed by atoms with E-state index < -0.39 is 0 Å². The molecule has 16 rings (SSSR count). The van der Waals surface area contributed by atoms with Crippen molar-refractivity contribution in [3.05, 3.63) is 206 Å². The molecule has 0 aromatic heterocycles. The number of hydrogen-bond acceptors (Lipinski definition) is 0. The second-order valence-electron chi connectivity index (χ2n) is 18.2. The van der Waals surface area contributed by atoms with Crippen molar-refractivity contribution in [2.45, 2.75) is 0 Å². The zero-order valence-electron chi connectivity index (χ0n) is 34.6. The van der Waals surface area contributed by atoms with Gasteiger partial charge in [-0.1, -0.05) is 188 Å². The molecule has 0 fully saturated rings. The van der Waals surface area contributed by atoms with Crippen LogP contribution < -0.4 is 0 Å². The Kier molecular flexibility index (Phi) is 6.13. The van der Waals surface area contributed by atoms with Crippen LogP contribution in [0.2, 0.25) is 0 Å². The van der Waals surface area contributed by atoms with Gasteiger partial charge in [-0.3, -0.25) is 0 Å². The van der Waals surface area contributed by atoms with Crippen molar-refractivity contribution in [1.29, 1.82) is 0 Å². The monoisotopic (exact) mass is 802 g/mol. The molecule has 0 spiro atoms. The van der Waals surface area contributed by atoms with Gasteiger partial charge in [0, 0.05) is 0 Å². The highest BCUT2D eigenvalue weighted by Gasteiger charge is 2.29. The van der Waals surface area contributed by atoms with Crippen LogP contribution in [0, 0.1) is 0 Å². The predicted octanol–water partition coefficient (Wildman–Crippen LogP) is 18.2. The zero-order valence-corrected chi connectivity index (χ0v) is 34.6. The molecule has 15 aromatic rings. The normalized spacial score (nSPS) is 12.7. The molecule has 15 aromatic carbocycles. The fourth-order valence-electron chi connectivity index (χ4n) is 12.7. The van der Waals surface area contributed by atoms with E-state index in [0.29, 0.717) is 0 Å². The second-order valence-corrected chi connectivity index (χ2v) is 18.2. The summed E-state index contributed by atoms with van der Waals surface area (Å²) in [5.74, 6) is 0. The molecule has 0 nitrogen and oxygen atoms in total. The summed E-state index contributed by atoms with van der Waals surface area (Å²) in [6.07, 6.45) is 0. The molecule has 1 aliphatic rings. The summed E-state index contributed by atoms with van der Waals surface area (Å²) < 4.78 is 0. The van der Waals surface area contributed by atoms with E-state index in [2.05, 4.69) is 206 Å². The lowest BCUT2D eigenvalue weighted by molar-refractivity contribution is 1.62. The number of hydrogen-bond donors (Lipinski definition) is 0. The molecule has 0 unspecified atom stereocenters. The molecular weight excluding hydrogens is 769 g/mol. The number of rotatable bonds is 3. The molecule has 0 saturated carbocycles. The van der Waals surface area contributed by atoms with Crippen molar-refractivity contribution < 1.29 is 0 Å². The van der Waals surface area contributed by atoms with Gasteiger partial charge in [-0.25, -0.2) is 0 Å². The Morgan fingerprint density at radius 1 is 0.172 bits per heavy atom. The van der Waals surface area contributed by atoms with Crippen LogP contribution in [0.25, 0.3) is 163 Å². The molecule has 64 heavy (non-hydrogen) atoms. The minimum Gasteiger partial charge on any atom is -0.0622 e. The molecule has 0 aliphatic heterocycles. The summed E-state index contributed by atoms with van der Waals surface area (Å²) in [5, 5.41) is 26.9. The van der Waals surface area contributed by atoms with Gasteiger partial charge in [0.25, 0.3) is 0 Å². The molecular formula is C64H34. The van der Waals surface area contributed by atoms with Gasteiger partial charge in [0.2, 0.25) is 0 Å². The highest BCUT2D eigenvalue weighted by atomic mass is 14.3. The SMILES string of the molecule is c1ccc(-c2cccc(-c3c4cc5ccccc5c5c6cc(-c7ccccc7)ccc6c(c6c7ccc8c9ccc%10c%11c(ccc(c%12ccc(c36)c7c%128)c%119)-c3ccccc3-%10)c45)c2)cc1. The van der Waals surface area contributed by atoms with Gasteiger partial charge in [0.1, 0.15) is 0 Å². The Labute approximate surface area is 367 Å². The van der Waals surface area contributed by atoms with Crippen LogP contribution in [0.4, 0.5) is 0 Å². The minimum absolute atomic E-state index is 1.23. The van der Waals surface area contributed by atoms with Crippen molar-refractivity contribution in [3.63, 3.8) is 0 Å². The Morgan fingerprint density at radius 3 is 1.33 bits per heavy atom. The van der Waals surface area contributed by atoms with Gasteiger partial charge in [-0.15, -0.1) is 0 Å². The van der Waals surface area contributed by atoms with E-state index in [0.717, 1.165) is 0 Å². The third kappa shape index (κ3) is 4.01. The van der Waals surface area contributed by atoms with Crippen LogP contribution >= 0.6 is 0 Å². The van der Waals surface area contributed by atoms with Gasteiger partial charge in [0.05, 0.1) is 0 Å².